The summed E-state index contributed by atoms with van der Waals surface area (Å²) in [5.41, 5.74) is 1.86. The van der Waals surface area contributed by atoms with Gasteiger partial charge in [0, 0.05) is 29.2 Å². The van der Waals surface area contributed by atoms with Gasteiger partial charge in [0.1, 0.15) is 12.4 Å². The van der Waals surface area contributed by atoms with Crippen molar-refractivity contribution in [2.24, 2.45) is 0 Å². The average molecular weight is 348 g/mol. The van der Waals surface area contributed by atoms with Gasteiger partial charge in [-0.3, -0.25) is 4.79 Å². The molecule has 2 heterocycles. The van der Waals surface area contributed by atoms with Gasteiger partial charge in [-0.2, -0.15) is 0 Å². The second-order valence-corrected chi connectivity index (χ2v) is 6.87. The number of fused-ring (bicyclic) bond motifs is 1. The topological polar surface area (TPSA) is 49.8 Å². The first-order chi connectivity index (χ1) is 11.5. The molecule has 0 radical (unpaired) electrons. The monoisotopic (exact) mass is 347 g/mol. The van der Waals surface area contributed by atoms with Gasteiger partial charge in [0.2, 0.25) is 5.91 Å². The van der Waals surface area contributed by atoms with E-state index in [9.17, 15) is 9.90 Å². The molecule has 4 nitrogen and oxygen atoms in total. The third-order valence-corrected chi connectivity index (χ3v) is 4.66. The SMILES string of the molecule is CC(O)CC1CCCN1C(=O)/C=C/C1=Cc2cc(Cl)ccc2OC1. The lowest BCUT2D eigenvalue weighted by molar-refractivity contribution is -0.127. The Labute approximate surface area is 147 Å². The van der Waals surface area contributed by atoms with Crippen molar-refractivity contribution in [2.45, 2.75) is 38.3 Å². The Hall–Kier alpha value is -1.78. The number of amides is 1. The molecular weight excluding hydrogens is 326 g/mol. The Morgan fingerprint density at radius 3 is 3.17 bits per heavy atom. The van der Waals surface area contributed by atoms with Crippen LogP contribution < -0.4 is 4.74 Å². The molecule has 1 aromatic rings. The highest BCUT2D eigenvalue weighted by molar-refractivity contribution is 6.30. The van der Waals surface area contributed by atoms with Gasteiger partial charge in [0.25, 0.3) is 0 Å². The number of carbonyl (C=O) groups excluding carboxylic acids is 1. The summed E-state index contributed by atoms with van der Waals surface area (Å²) in [5, 5.41) is 10.2. The molecule has 24 heavy (non-hydrogen) atoms. The number of aliphatic hydroxyl groups excluding tert-OH is 1. The van der Waals surface area contributed by atoms with Crippen molar-refractivity contribution in [3.05, 3.63) is 46.5 Å². The average Bonchev–Trinajstić information content (AvgIpc) is 2.99. The van der Waals surface area contributed by atoms with E-state index in [1.807, 2.05) is 29.2 Å². The second kappa shape index (κ2) is 7.41. The number of benzene rings is 1. The van der Waals surface area contributed by atoms with Crippen LogP contribution in [0.15, 0.2) is 35.9 Å². The van der Waals surface area contributed by atoms with Crippen molar-refractivity contribution in [3.8, 4) is 5.75 Å². The van der Waals surface area contributed by atoms with Gasteiger partial charge in [-0.1, -0.05) is 17.7 Å². The van der Waals surface area contributed by atoms with Crippen LogP contribution in [0.4, 0.5) is 0 Å². The number of hydrogen-bond donors (Lipinski definition) is 1. The number of rotatable bonds is 4. The van der Waals surface area contributed by atoms with Crippen molar-refractivity contribution < 1.29 is 14.6 Å². The molecule has 0 bridgehead atoms. The lowest BCUT2D eigenvalue weighted by Crippen LogP contribution is -2.36. The zero-order valence-corrected chi connectivity index (χ0v) is 14.5. The summed E-state index contributed by atoms with van der Waals surface area (Å²) in [6.07, 6.45) is 7.61. The van der Waals surface area contributed by atoms with E-state index in [0.717, 1.165) is 36.3 Å². The minimum Gasteiger partial charge on any atom is -0.488 e. The first kappa shape index (κ1) is 17.1. The normalized spacial score (nSPS) is 21.4. The van der Waals surface area contributed by atoms with Gasteiger partial charge in [-0.25, -0.2) is 0 Å². The van der Waals surface area contributed by atoms with Crippen LogP contribution in [0.25, 0.3) is 6.08 Å². The molecule has 0 aromatic heterocycles. The molecule has 2 aliphatic rings. The fourth-order valence-corrected chi connectivity index (χ4v) is 3.48. The molecule has 0 spiro atoms. The van der Waals surface area contributed by atoms with Gasteiger partial charge in [0.15, 0.2) is 0 Å². The van der Waals surface area contributed by atoms with Gasteiger partial charge in [-0.15, -0.1) is 0 Å². The molecule has 1 fully saturated rings. The summed E-state index contributed by atoms with van der Waals surface area (Å²) in [6.45, 7) is 2.97. The smallest absolute Gasteiger partial charge is 0.246 e. The summed E-state index contributed by atoms with van der Waals surface area (Å²) in [6, 6.07) is 5.64. The fourth-order valence-electron chi connectivity index (χ4n) is 3.30. The minimum atomic E-state index is -0.386. The number of nitrogens with zero attached hydrogens (tertiary/aromatic N) is 1. The molecule has 5 heteroatoms. The number of halogens is 1. The molecule has 1 N–H and O–H groups in total. The van der Waals surface area contributed by atoms with Crippen LogP contribution in [0.5, 0.6) is 5.75 Å². The van der Waals surface area contributed by atoms with E-state index in [-0.39, 0.29) is 18.1 Å². The molecule has 2 unspecified atom stereocenters. The molecule has 2 atom stereocenters. The number of ether oxygens (including phenoxy) is 1. The molecular formula is C19H22ClNO3. The third kappa shape index (κ3) is 4.00. The highest BCUT2D eigenvalue weighted by atomic mass is 35.5. The maximum absolute atomic E-state index is 12.4. The highest BCUT2D eigenvalue weighted by Crippen LogP contribution is 2.29. The van der Waals surface area contributed by atoms with Crippen LogP contribution in [0.1, 0.15) is 31.7 Å². The van der Waals surface area contributed by atoms with Crippen LogP contribution >= 0.6 is 11.6 Å². The molecule has 1 saturated heterocycles. The van der Waals surface area contributed by atoms with Crippen molar-refractivity contribution in [1.29, 1.82) is 0 Å². The first-order valence-corrected chi connectivity index (χ1v) is 8.70. The maximum Gasteiger partial charge on any atom is 0.246 e. The third-order valence-electron chi connectivity index (χ3n) is 4.42. The zero-order chi connectivity index (χ0) is 17.1. The lowest BCUT2D eigenvalue weighted by atomic mass is 10.1. The van der Waals surface area contributed by atoms with E-state index >= 15 is 0 Å². The Kier molecular flexibility index (Phi) is 5.27. The standard InChI is InChI=1S/C19H22ClNO3/c1-13(22)9-17-3-2-8-21(17)19(23)7-4-14-10-15-11-16(20)5-6-18(15)24-12-14/h4-7,10-11,13,17,22H,2-3,8-9,12H2,1H3/b7-4+. The first-order valence-electron chi connectivity index (χ1n) is 8.32. The Bertz CT molecular complexity index is 681. The van der Waals surface area contributed by atoms with Crippen molar-refractivity contribution >= 4 is 23.6 Å². The van der Waals surface area contributed by atoms with Crippen molar-refractivity contribution in [1.82, 2.24) is 4.90 Å². The molecule has 0 saturated carbocycles. The van der Waals surface area contributed by atoms with Gasteiger partial charge in [-0.05, 0) is 56.0 Å². The Morgan fingerprint density at radius 1 is 1.54 bits per heavy atom. The number of hydrogen-bond acceptors (Lipinski definition) is 3. The van der Waals surface area contributed by atoms with E-state index in [4.69, 9.17) is 16.3 Å². The molecule has 2 aliphatic heterocycles. The number of aliphatic hydroxyl groups is 1. The largest absolute Gasteiger partial charge is 0.488 e. The molecule has 1 amide bonds. The summed E-state index contributed by atoms with van der Waals surface area (Å²) < 4.78 is 5.69. The Balaban J connectivity index is 1.68. The Morgan fingerprint density at radius 2 is 2.38 bits per heavy atom. The van der Waals surface area contributed by atoms with E-state index in [1.165, 1.54) is 0 Å². The van der Waals surface area contributed by atoms with Gasteiger partial charge >= 0.3 is 0 Å². The quantitative estimate of drug-likeness (QED) is 0.849. The van der Waals surface area contributed by atoms with E-state index in [0.29, 0.717) is 18.1 Å². The molecule has 0 aliphatic carbocycles. The van der Waals surface area contributed by atoms with Crippen LogP contribution in [-0.2, 0) is 4.79 Å². The summed E-state index contributed by atoms with van der Waals surface area (Å²) in [7, 11) is 0. The fraction of sp³-hybridized carbons (Fsp3) is 0.421. The molecule has 128 valence electrons. The highest BCUT2D eigenvalue weighted by Gasteiger charge is 2.28. The van der Waals surface area contributed by atoms with Crippen LogP contribution in [0.2, 0.25) is 5.02 Å². The van der Waals surface area contributed by atoms with E-state index in [1.54, 1.807) is 19.1 Å². The van der Waals surface area contributed by atoms with Crippen molar-refractivity contribution in [3.63, 3.8) is 0 Å². The zero-order valence-electron chi connectivity index (χ0n) is 13.7. The van der Waals surface area contributed by atoms with Crippen LogP contribution in [0.3, 0.4) is 0 Å². The summed E-state index contributed by atoms with van der Waals surface area (Å²) in [5.74, 6) is 0.801. The second-order valence-electron chi connectivity index (χ2n) is 6.44. The predicted octanol–water partition coefficient (Wildman–Crippen LogP) is 3.43. The van der Waals surface area contributed by atoms with Gasteiger partial charge in [0.05, 0.1) is 6.10 Å². The minimum absolute atomic E-state index is 0.00376. The van der Waals surface area contributed by atoms with Gasteiger partial charge < -0.3 is 14.7 Å². The van der Waals surface area contributed by atoms with Crippen LogP contribution in [-0.4, -0.2) is 41.2 Å². The lowest BCUT2D eigenvalue weighted by Gasteiger charge is -2.24. The predicted molar refractivity (Wildman–Crippen MR) is 95.1 cm³/mol. The summed E-state index contributed by atoms with van der Waals surface area (Å²) in [4.78, 5) is 14.3. The molecule has 1 aromatic carbocycles. The van der Waals surface area contributed by atoms with Crippen molar-refractivity contribution in [2.75, 3.05) is 13.2 Å². The number of likely N-dealkylation sites (tertiary alicyclic amines) is 1. The summed E-state index contributed by atoms with van der Waals surface area (Å²) >= 11 is 6.01. The number of carbonyl (C=O) groups is 1. The van der Waals surface area contributed by atoms with Crippen LogP contribution in [0, 0.1) is 0 Å². The van der Waals surface area contributed by atoms with E-state index < -0.39 is 0 Å². The van der Waals surface area contributed by atoms with E-state index in [2.05, 4.69) is 0 Å². The maximum atomic E-state index is 12.4. The molecule has 3 rings (SSSR count).